The van der Waals surface area contributed by atoms with Gasteiger partial charge in [-0.3, -0.25) is 4.79 Å². The van der Waals surface area contributed by atoms with Crippen molar-refractivity contribution in [3.8, 4) is 0 Å². The molecule has 2 aromatic carbocycles. The van der Waals surface area contributed by atoms with E-state index in [1.54, 1.807) is 18.4 Å². The Morgan fingerprint density at radius 3 is 2.83 bits per heavy atom. The van der Waals surface area contributed by atoms with Crippen LogP contribution in [0.4, 0.5) is 0 Å². The van der Waals surface area contributed by atoms with Crippen LogP contribution in [0.3, 0.4) is 0 Å². The van der Waals surface area contributed by atoms with Gasteiger partial charge in [-0.1, -0.05) is 42.5 Å². The predicted octanol–water partition coefficient (Wildman–Crippen LogP) is 3.79. The molecule has 0 saturated carbocycles. The smallest absolute Gasteiger partial charge is 0.244 e. The number of nitrogens with zero attached hydrogens (tertiary/aromatic N) is 1. The number of rotatable bonds is 5. The minimum absolute atomic E-state index is 0.149. The Kier molecular flexibility index (Phi) is 4.64. The fraction of sp³-hybridized carbons (Fsp3) is 0.0526. The van der Waals surface area contributed by atoms with Crippen LogP contribution in [0.2, 0.25) is 0 Å². The quantitative estimate of drug-likeness (QED) is 0.576. The van der Waals surface area contributed by atoms with Crippen LogP contribution in [0.1, 0.15) is 11.3 Å². The molecule has 4 nitrogen and oxygen atoms in total. The molecule has 4 heteroatoms. The Morgan fingerprint density at radius 1 is 1.09 bits per heavy atom. The van der Waals surface area contributed by atoms with Gasteiger partial charge in [-0.15, -0.1) is 0 Å². The summed E-state index contributed by atoms with van der Waals surface area (Å²) in [5.74, 6) is 0.586. The lowest BCUT2D eigenvalue weighted by Gasteiger charge is -2.05. The van der Waals surface area contributed by atoms with Crippen LogP contribution in [0.5, 0.6) is 0 Å². The second-order valence-electron chi connectivity index (χ2n) is 5.00. The minimum Gasteiger partial charge on any atom is -0.465 e. The molecule has 0 aliphatic carbocycles. The standard InChI is InChI=1S/C19H16N2O2/c22-19(21-20-12-4-9-17-10-5-13-23-17)14-16-8-3-7-15-6-1-2-11-18(15)16/h1-13H,14H2,(H,21,22)/b9-4+,20-12-. The van der Waals surface area contributed by atoms with Crippen molar-refractivity contribution in [3.63, 3.8) is 0 Å². The van der Waals surface area contributed by atoms with Gasteiger partial charge >= 0.3 is 0 Å². The lowest BCUT2D eigenvalue weighted by atomic mass is 10.0. The molecule has 0 fully saturated rings. The van der Waals surface area contributed by atoms with Crippen molar-refractivity contribution in [3.05, 3.63) is 78.3 Å². The summed E-state index contributed by atoms with van der Waals surface area (Å²) in [6.07, 6.45) is 6.88. The van der Waals surface area contributed by atoms with Crippen molar-refractivity contribution < 1.29 is 9.21 Å². The molecular weight excluding hydrogens is 288 g/mol. The van der Waals surface area contributed by atoms with Crippen molar-refractivity contribution >= 4 is 29.0 Å². The number of amides is 1. The number of nitrogens with one attached hydrogen (secondary N) is 1. The normalized spacial score (nSPS) is 11.5. The third-order valence-electron chi connectivity index (χ3n) is 3.38. The van der Waals surface area contributed by atoms with Gasteiger partial charge in [0.15, 0.2) is 0 Å². The van der Waals surface area contributed by atoms with Gasteiger partial charge in [-0.2, -0.15) is 5.10 Å². The van der Waals surface area contributed by atoms with Crippen molar-refractivity contribution in [1.82, 2.24) is 5.43 Å². The highest BCUT2D eigenvalue weighted by Crippen LogP contribution is 2.18. The van der Waals surface area contributed by atoms with Crippen molar-refractivity contribution in [2.75, 3.05) is 0 Å². The maximum Gasteiger partial charge on any atom is 0.244 e. The molecule has 0 saturated heterocycles. The maximum absolute atomic E-state index is 12.0. The zero-order chi connectivity index (χ0) is 15.9. The first-order valence-corrected chi connectivity index (χ1v) is 7.31. The average Bonchev–Trinajstić information content (AvgIpc) is 3.08. The molecule has 0 radical (unpaired) electrons. The Bertz CT molecular complexity index is 843. The van der Waals surface area contributed by atoms with Crippen molar-refractivity contribution in [2.45, 2.75) is 6.42 Å². The lowest BCUT2D eigenvalue weighted by molar-refractivity contribution is -0.120. The highest BCUT2D eigenvalue weighted by Gasteiger charge is 2.05. The number of hydrazone groups is 1. The molecule has 0 atom stereocenters. The van der Waals surface area contributed by atoms with E-state index in [0.29, 0.717) is 6.42 Å². The number of hydrogen-bond donors (Lipinski definition) is 1. The molecule has 1 amide bonds. The van der Waals surface area contributed by atoms with Crippen molar-refractivity contribution in [2.24, 2.45) is 5.10 Å². The van der Waals surface area contributed by atoms with E-state index in [0.717, 1.165) is 22.1 Å². The van der Waals surface area contributed by atoms with Gasteiger partial charge in [-0.05, 0) is 40.6 Å². The van der Waals surface area contributed by atoms with Gasteiger partial charge in [0.25, 0.3) is 0 Å². The zero-order valence-electron chi connectivity index (χ0n) is 12.5. The SMILES string of the molecule is O=C(Cc1cccc2ccccc12)N/N=C\C=C\c1ccco1. The van der Waals surface area contributed by atoms with E-state index in [1.165, 1.54) is 6.21 Å². The molecule has 3 aromatic rings. The van der Waals surface area contributed by atoms with Crippen LogP contribution in [-0.2, 0) is 11.2 Å². The van der Waals surface area contributed by atoms with Gasteiger partial charge in [0.2, 0.25) is 5.91 Å². The minimum atomic E-state index is -0.149. The number of allylic oxidation sites excluding steroid dienone is 1. The largest absolute Gasteiger partial charge is 0.465 e. The lowest BCUT2D eigenvalue weighted by Crippen LogP contribution is -2.19. The number of fused-ring (bicyclic) bond motifs is 1. The van der Waals surface area contributed by atoms with Crippen LogP contribution >= 0.6 is 0 Å². The summed E-state index contributed by atoms with van der Waals surface area (Å²) in [7, 11) is 0. The maximum atomic E-state index is 12.0. The first kappa shape index (κ1) is 14.8. The van der Waals surface area contributed by atoms with Crippen LogP contribution in [0, 0.1) is 0 Å². The van der Waals surface area contributed by atoms with Crippen LogP contribution in [0.15, 0.2) is 76.5 Å². The Labute approximate surface area is 134 Å². The third-order valence-corrected chi connectivity index (χ3v) is 3.38. The number of carbonyl (C=O) groups is 1. The molecular formula is C19H16N2O2. The first-order valence-electron chi connectivity index (χ1n) is 7.31. The van der Waals surface area contributed by atoms with Gasteiger partial charge in [-0.25, -0.2) is 5.43 Å². The number of carbonyl (C=O) groups excluding carboxylic acids is 1. The molecule has 1 aromatic heterocycles. The zero-order valence-corrected chi connectivity index (χ0v) is 12.5. The van der Waals surface area contributed by atoms with E-state index in [1.807, 2.05) is 54.6 Å². The number of hydrogen-bond acceptors (Lipinski definition) is 3. The van der Waals surface area contributed by atoms with E-state index < -0.39 is 0 Å². The van der Waals surface area contributed by atoms with Gasteiger partial charge in [0.05, 0.1) is 12.7 Å². The summed E-state index contributed by atoms with van der Waals surface area (Å²) >= 11 is 0. The molecule has 0 unspecified atom stereocenters. The summed E-state index contributed by atoms with van der Waals surface area (Å²) in [6.45, 7) is 0. The monoisotopic (exact) mass is 304 g/mol. The summed E-state index contributed by atoms with van der Waals surface area (Å²) in [5.41, 5.74) is 3.51. The molecule has 0 aliphatic heterocycles. The van der Waals surface area contributed by atoms with Gasteiger partial charge in [0, 0.05) is 6.21 Å². The molecule has 3 rings (SSSR count). The highest BCUT2D eigenvalue weighted by molar-refractivity contribution is 5.90. The molecule has 1 heterocycles. The Hall–Kier alpha value is -3.14. The predicted molar refractivity (Wildman–Crippen MR) is 92.0 cm³/mol. The summed E-state index contributed by atoms with van der Waals surface area (Å²) in [4.78, 5) is 12.0. The fourth-order valence-electron chi connectivity index (χ4n) is 2.34. The van der Waals surface area contributed by atoms with E-state index in [-0.39, 0.29) is 5.91 Å². The summed E-state index contributed by atoms with van der Waals surface area (Å²) < 4.78 is 5.15. The second-order valence-corrected chi connectivity index (χ2v) is 5.00. The first-order chi connectivity index (χ1) is 11.3. The molecule has 114 valence electrons. The fourth-order valence-corrected chi connectivity index (χ4v) is 2.34. The van der Waals surface area contributed by atoms with E-state index in [4.69, 9.17) is 4.42 Å². The van der Waals surface area contributed by atoms with Gasteiger partial charge < -0.3 is 4.42 Å². The van der Waals surface area contributed by atoms with E-state index in [2.05, 4.69) is 10.5 Å². The van der Waals surface area contributed by atoms with Crippen molar-refractivity contribution in [1.29, 1.82) is 0 Å². The van der Waals surface area contributed by atoms with Crippen LogP contribution < -0.4 is 5.43 Å². The number of benzene rings is 2. The molecule has 0 aliphatic rings. The highest BCUT2D eigenvalue weighted by atomic mass is 16.3. The number of furan rings is 1. The molecule has 23 heavy (non-hydrogen) atoms. The average molecular weight is 304 g/mol. The molecule has 1 N–H and O–H groups in total. The Balaban J connectivity index is 1.58. The third kappa shape index (κ3) is 3.95. The van der Waals surface area contributed by atoms with E-state index in [9.17, 15) is 4.79 Å². The van der Waals surface area contributed by atoms with Crippen LogP contribution in [-0.4, -0.2) is 12.1 Å². The van der Waals surface area contributed by atoms with Gasteiger partial charge in [0.1, 0.15) is 5.76 Å². The topological polar surface area (TPSA) is 54.6 Å². The molecule has 0 spiro atoms. The van der Waals surface area contributed by atoms with Crippen LogP contribution in [0.25, 0.3) is 16.8 Å². The summed E-state index contributed by atoms with van der Waals surface area (Å²) in [5, 5.41) is 6.11. The Morgan fingerprint density at radius 2 is 1.96 bits per heavy atom. The summed E-state index contributed by atoms with van der Waals surface area (Å²) in [6, 6.07) is 17.6. The molecule has 0 bridgehead atoms. The second kappa shape index (κ2) is 7.22. The van der Waals surface area contributed by atoms with E-state index >= 15 is 0 Å².